The maximum atomic E-state index is 14.9. The van der Waals surface area contributed by atoms with Gasteiger partial charge in [0.25, 0.3) is 0 Å². The summed E-state index contributed by atoms with van der Waals surface area (Å²) in [6.07, 6.45) is 4.49. The van der Waals surface area contributed by atoms with Crippen molar-refractivity contribution in [2.24, 2.45) is 0 Å². The number of aromatic amines is 1. The van der Waals surface area contributed by atoms with Crippen molar-refractivity contribution in [1.82, 2.24) is 18.7 Å². The van der Waals surface area contributed by atoms with E-state index in [1.165, 1.54) is 3.51 Å². The van der Waals surface area contributed by atoms with Crippen LogP contribution in [0.3, 0.4) is 0 Å². The summed E-state index contributed by atoms with van der Waals surface area (Å²) < 4.78 is 25.1. The fourth-order valence-electron chi connectivity index (χ4n) is 4.29. The number of nitrogens with one attached hydrogen (secondary N) is 3. The molecule has 1 aliphatic carbocycles. The van der Waals surface area contributed by atoms with E-state index >= 15 is 0 Å². The quantitative estimate of drug-likeness (QED) is 0.398. The molecular weight excluding hydrogens is 483 g/mol. The molecule has 1 saturated carbocycles. The topological polar surface area (TPSA) is 99.0 Å². The number of nitrogens with zero attached hydrogens (tertiary/aromatic N) is 2. The Hall–Kier alpha value is -1.89. The third kappa shape index (κ3) is 3.58. The van der Waals surface area contributed by atoms with Crippen LogP contribution < -0.4 is 12.3 Å². The molecule has 29 heavy (non-hydrogen) atoms. The minimum absolute atomic E-state index is 0.129. The van der Waals surface area contributed by atoms with Gasteiger partial charge >= 0.3 is 143 Å². The average molecular weight is 506 g/mol. The monoisotopic (exact) mass is 505 g/mol. The molecule has 2 unspecified atom stereocenters. The molecule has 0 radical (unpaired) electrons. The van der Waals surface area contributed by atoms with Gasteiger partial charge in [-0.15, -0.1) is 0 Å². The summed E-state index contributed by atoms with van der Waals surface area (Å²) in [7, 11) is 0. The fourth-order valence-corrected chi connectivity index (χ4v) is 8.42. The standard InChI is InChI=1S/C19H20FN5O2.CH3.Sb/c20-18-13(8-21)2-1-3-15(18)23-17-7-16(24-25-17)11-4-5-12(6-11)19-22-9-14(10-26)27-19;;/h1,3,7,9,11-12,21,26H,4-6,8,10H2,(H2,23,24,25);1H3;/q-1;;+1. The van der Waals surface area contributed by atoms with Crippen LogP contribution in [0.25, 0.3) is 0 Å². The van der Waals surface area contributed by atoms with E-state index in [-0.39, 0.29) is 18.3 Å². The summed E-state index contributed by atoms with van der Waals surface area (Å²) in [6, 6.07) is 5.84. The molecule has 2 aliphatic rings. The number of rotatable bonds is 5. The Morgan fingerprint density at radius 1 is 1.34 bits per heavy atom. The van der Waals surface area contributed by atoms with Crippen LogP contribution in [0, 0.1) is 5.82 Å². The van der Waals surface area contributed by atoms with Crippen LogP contribution in [0.4, 0.5) is 15.9 Å². The van der Waals surface area contributed by atoms with E-state index in [0.29, 0.717) is 35.6 Å². The first-order chi connectivity index (χ1) is 14.1. The second-order valence-electron chi connectivity index (χ2n) is 7.68. The van der Waals surface area contributed by atoms with Crippen LogP contribution in [0.15, 0.2) is 28.8 Å². The number of hydrogen-bond acceptors (Lipinski definition) is 6. The number of aliphatic hydroxyl groups excluding tert-OH is 1. The Morgan fingerprint density at radius 3 is 3.03 bits per heavy atom. The number of oxazole rings is 1. The number of benzene rings is 1. The van der Waals surface area contributed by atoms with Crippen LogP contribution >= 0.6 is 0 Å². The summed E-state index contributed by atoms with van der Waals surface area (Å²) in [5.74, 6) is 2.23. The number of aliphatic hydroxyl groups is 1. The summed E-state index contributed by atoms with van der Waals surface area (Å²) >= 11 is -1.63. The predicted octanol–water partition coefficient (Wildman–Crippen LogP) is 2.76. The van der Waals surface area contributed by atoms with Gasteiger partial charge in [0.1, 0.15) is 12.4 Å². The Labute approximate surface area is 175 Å². The summed E-state index contributed by atoms with van der Waals surface area (Å²) in [4.78, 5) is 6.51. The van der Waals surface area contributed by atoms with Crippen LogP contribution in [-0.2, 0) is 13.2 Å². The van der Waals surface area contributed by atoms with Gasteiger partial charge in [0.05, 0.1) is 6.20 Å². The second kappa shape index (κ2) is 7.74. The molecule has 0 spiro atoms. The van der Waals surface area contributed by atoms with Crippen molar-refractivity contribution in [3.05, 3.63) is 53.1 Å². The van der Waals surface area contributed by atoms with E-state index in [1.807, 2.05) is 12.1 Å². The SMILES string of the molecule is [CH3][Sb]1[NH]Cc2[c]1ccc(Nc1cc(C3CCC(c4ncc(CO)o4)C3)[nH]n1)c2F. The molecule has 1 aliphatic heterocycles. The molecule has 152 valence electrons. The first-order valence-corrected chi connectivity index (χ1v) is 14.9. The van der Waals surface area contributed by atoms with Gasteiger partial charge in [-0.05, 0) is 0 Å². The van der Waals surface area contributed by atoms with Gasteiger partial charge in [-0.2, -0.15) is 0 Å². The first-order valence-electron chi connectivity index (χ1n) is 9.78. The van der Waals surface area contributed by atoms with Crippen LogP contribution in [-0.4, -0.2) is 40.8 Å². The molecule has 5 rings (SSSR count). The van der Waals surface area contributed by atoms with Crippen LogP contribution in [0.5, 0.6) is 0 Å². The van der Waals surface area contributed by atoms with Gasteiger partial charge in [-0.1, -0.05) is 0 Å². The number of hydrogen-bond donors (Lipinski definition) is 4. The van der Waals surface area contributed by atoms with Crippen LogP contribution in [0.2, 0.25) is 4.87 Å². The minimum atomic E-state index is -1.63. The summed E-state index contributed by atoms with van der Waals surface area (Å²) in [6.45, 7) is 0.500. The van der Waals surface area contributed by atoms with E-state index in [4.69, 9.17) is 9.52 Å². The third-order valence-corrected chi connectivity index (χ3v) is 10.9. The molecule has 7 nitrogen and oxygen atoms in total. The number of H-pyrrole nitrogens is 1. The van der Waals surface area contributed by atoms with Crippen molar-refractivity contribution >= 4 is 35.5 Å². The van der Waals surface area contributed by atoms with E-state index in [1.54, 1.807) is 6.20 Å². The third-order valence-electron chi connectivity index (χ3n) is 5.88. The van der Waals surface area contributed by atoms with Crippen molar-refractivity contribution in [2.45, 2.75) is 49.1 Å². The van der Waals surface area contributed by atoms with Gasteiger partial charge in [0, 0.05) is 0 Å². The van der Waals surface area contributed by atoms with E-state index in [2.05, 4.69) is 34.9 Å². The van der Waals surface area contributed by atoms with Crippen LogP contribution in [0.1, 0.15) is 54.0 Å². The zero-order valence-corrected chi connectivity index (χ0v) is 18.6. The van der Waals surface area contributed by atoms with Crippen molar-refractivity contribution in [3.63, 3.8) is 0 Å². The Kier molecular flexibility index (Phi) is 5.10. The first kappa shape index (κ1) is 19.1. The molecule has 2 atom stereocenters. The molecule has 3 heterocycles. The van der Waals surface area contributed by atoms with Gasteiger partial charge < -0.3 is 9.52 Å². The van der Waals surface area contributed by atoms with E-state index in [9.17, 15) is 4.39 Å². The molecule has 4 N–H and O–H groups in total. The zero-order chi connectivity index (χ0) is 20.0. The predicted molar refractivity (Wildman–Crippen MR) is 108 cm³/mol. The molecule has 1 fully saturated rings. The second-order valence-corrected chi connectivity index (χ2v) is 13.2. The van der Waals surface area contributed by atoms with Gasteiger partial charge in [-0.25, -0.2) is 4.98 Å². The van der Waals surface area contributed by atoms with Crippen molar-refractivity contribution in [3.8, 4) is 0 Å². The number of anilines is 2. The van der Waals surface area contributed by atoms with Gasteiger partial charge in [0.15, 0.2) is 0 Å². The molecule has 2 aromatic heterocycles. The zero-order valence-electron chi connectivity index (χ0n) is 16.1. The van der Waals surface area contributed by atoms with E-state index in [0.717, 1.165) is 30.5 Å². The molecule has 3 aromatic rings. The molecule has 1 aromatic carbocycles. The Balaban J connectivity index is 1.28. The maximum absolute atomic E-state index is 14.9. The molecule has 0 saturated heterocycles. The molecule has 0 amide bonds. The normalized spacial score (nSPS) is 21.6. The van der Waals surface area contributed by atoms with Gasteiger partial charge in [-0.3, -0.25) is 0 Å². The Morgan fingerprint density at radius 2 is 2.21 bits per heavy atom. The number of aromatic nitrogens is 3. The summed E-state index contributed by atoms with van der Waals surface area (Å²) in [5.41, 5.74) is 2.32. The molecule has 9 heteroatoms. The van der Waals surface area contributed by atoms with E-state index < -0.39 is 20.5 Å². The van der Waals surface area contributed by atoms with Crippen molar-refractivity contribution in [1.29, 1.82) is 0 Å². The van der Waals surface area contributed by atoms with Gasteiger partial charge in [0.2, 0.25) is 0 Å². The Bertz CT molecular complexity index is 1040. The molecular formula is C20H23FN5O2Sb. The number of fused-ring (bicyclic) bond motifs is 1. The molecule has 0 bridgehead atoms. The number of halogens is 1. The fraction of sp³-hybridized carbons (Fsp3) is 0.400. The van der Waals surface area contributed by atoms with Crippen molar-refractivity contribution < 1.29 is 13.9 Å². The average Bonchev–Trinajstić information content (AvgIpc) is 3.50. The summed E-state index contributed by atoms with van der Waals surface area (Å²) in [5, 5.41) is 19.7. The van der Waals surface area contributed by atoms with Crippen molar-refractivity contribution in [2.75, 3.05) is 5.32 Å².